The van der Waals surface area contributed by atoms with E-state index < -0.39 is 47.0 Å². The molecule has 0 bridgehead atoms. The first kappa shape index (κ1) is 40.8. The number of rotatable bonds is 10. The first-order chi connectivity index (χ1) is 28.7. The van der Waals surface area contributed by atoms with Crippen LogP contribution in [0.1, 0.15) is 91.4 Å². The summed E-state index contributed by atoms with van der Waals surface area (Å²) in [6.45, 7) is 3.49. The lowest BCUT2D eigenvalue weighted by Gasteiger charge is -2.11. The van der Waals surface area contributed by atoms with E-state index in [4.69, 9.17) is 10.2 Å². The minimum Gasteiger partial charge on any atom is -0.481 e. The molecule has 4 N–H and O–H groups in total. The molecule has 8 rings (SSSR count). The molecule has 6 aromatic rings. The van der Waals surface area contributed by atoms with E-state index in [1.807, 2.05) is 0 Å². The number of halogens is 4. The third-order valence-corrected chi connectivity index (χ3v) is 10.2. The molecule has 60 heavy (non-hydrogen) atoms. The lowest BCUT2D eigenvalue weighted by Crippen LogP contribution is -2.15. The molecule has 0 saturated heterocycles. The highest BCUT2D eigenvalue weighted by molar-refractivity contribution is 5.99. The summed E-state index contributed by atoms with van der Waals surface area (Å²) in [6.07, 6.45) is 0.451. The Morgan fingerprint density at radius 1 is 0.550 bits per heavy atom. The van der Waals surface area contributed by atoms with Crippen molar-refractivity contribution in [3.63, 3.8) is 0 Å². The Bertz CT molecular complexity index is 2470. The highest BCUT2D eigenvalue weighted by Crippen LogP contribution is 2.30. The number of carboxylic acids is 2. The van der Waals surface area contributed by atoms with Gasteiger partial charge in [-0.05, 0) is 60.4 Å². The molecule has 304 valence electrons. The number of benzene rings is 4. The van der Waals surface area contributed by atoms with E-state index in [1.54, 1.807) is 62.4 Å². The highest BCUT2D eigenvalue weighted by atomic mass is 19.1. The number of hydrogen-bond donors (Lipinski definition) is 4. The van der Waals surface area contributed by atoms with Crippen LogP contribution in [0, 0.1) is 23.3 Å². The van der Waals surface area contributed by atoms with Crippen LogP contribution in [0.2, 0.25) is 0 Å². The third kappa shape index (κ3) is 8.30. The molecular weight excluding hydrogens is 785 g/mol. The zero-order chi connectivity index (χ0) is 42.8. The summed E-state index contributed by atoms with van der Waals surface area (Å²) in [6, 6.07) is 20.8. The summed E-state index contributed by atoms with van der Waals surface area (Å²) in [4.78, 5) is 63.9. The van der Waals surface area contributed by atoms with Crippen molar-refractivity contribution in [2.24, 2.45) is 0 Å². The maximum atomic E-state index is 14.3. The van der Waals surface area contributed by atoms with Crippen molar-refractivity contribution in [2.75, 3.05) is 0 Å². The summed E-state index contributed by atoms with van der Waals surface area (Å²) in [5.41, 5.74) is 4.25. The van der Waals surface area contributed by atoms with Gasteiger partial charge in [-0.2, -0.15) is 0 Å². The molecule has 0 fully saturated rings. The molecule has 4 aromatic carbocycles. The van der Waals surface area contributed by atoms with Gasteiger partial charge in [-0.3, -0.25) is 19.2 Å². The molecule has 2 aromatic heterocycles. The van der Waals surface area contributed by atoms with E-state index >= 15 is 0 Å². The maximum absolute atomic E-state index is 14.3. The number of aliphatic carboxylic acids is 2. The number of nitrogens with one attached hydrogen (secondary N) is 2. The maximum Gasteiger partial charge on any atom is 0.310 e. The number of carbonyl (C=O) groups is 4. The summed E-state index contributed by atoms with van der Waals surface area (Å²) in [5, 5.41) is 23.6. The number of aromatic nitrogens is 4. The van der Waals surface area contributed by atoms with Gasteiger partial charge in [-0.15, -0.1) is 0 Å². The standard InChI is InChI=1S/2C22H17F2N3O3/c2*1-11(22(29)30)13-7-5-12(6-8-13)9-16-19-17(10-25-21(19)28)27-20(26-16)18-14(23)3-2-4-15(18)24/h2*2-8,11H,9-10H2,1H3,(H,25,28)(H,29,30)/t11-;/m0./s1. The Kier molecular flexibility index (Phi) is 11.5. The molecule has 2 atom stereocenters. The van der Waals surface area contributed by atoms with Crippen molar-refractivity contribution >= 4 is 23.8 Å². The molecule has 0 spiro atoms. The number of hydrogen-bond acceptors (Lipinski definition) is 8. The number of nitrogens with zero attached hydrogens (tertiary/aromatic N) is 4. The quantitative estimate of drug-likeness (QED) is 0.106. The molecule has 2 aliphatic rings. The predicted octanol–water partition coefficient (Wildman–Crippen LogP) is 6.89. The van der Waals surface area contributed by atoms with Crippen LogP contribution in [0.3, 0.4) is 0 Å². The lowest BCUT2D eigenvalue weighted by molar-refractivity contribution is -0.139. The Balaban J connectivity index is 0.000000181. The van der Waals surface area contributed by atoms with Gasteiger partial charge in [0.25, 0.3) is 11.8 Å². The Labute approximate surface area is 339 Å². The number of fused-ring (bicyclic) bond motifs is 2. The fraction of sp³-hybridized carbons (Fsp3) is 0.182. The van der Waals surface area contributed by atoms with Crippen molar-refractivity contribution in [1.29, 1.82) is 0 Å². The second-order valence-corrected chi connectivity index (χ2v) is 14.1. The Hall–Kier alpha value is -7.36. The van der Waals surface area contributed by atoms with Gasteiger partial charge in [0.15, 0.2) is 11.6 Å². The highest BCUT2D eigenvalue weighted by Gasteiger charge is 2.30. The van der Waals surface area contributed by atoms with E-state index in [2.05, 4.69) is 30.6 Å². The lowest BCUT2D eigenvalue weighted by atomic mass is 9.98. The largest absolute Gasteiger partial charge is 0.481 e. The number of amides is 2. The molecule has 1 unspecified atom stereocenters. The summed E-state index contributed by atoms with van der Waals surface area (Å²) in [7, 11) is 0. The monoisotopic (exact) mass is 818 g/mol. The van der Waals surface area contributed by atoms with Gasteiger partial charge in [-0.25, -0.2) is 37.5 Å². The fourth-order valence-corrected chi connectivity index (χ4v) is 6.83. The smallest absolute Gasteiger partial charge is 0.310 e. The summed E-state index contributed by atoms with van der Waals surface area (Å²) >= 11 is 0. The minimum absolute atomic E-state index is 0.119. The van der Waals surface area contributed by atoms with Crippen molar-refractivity contribution in [1.82, 2.24) is 30.6 Å². The van der Waals surface area contributed by atoms with Crippen molar-refractivity contribution in [3.05, 3.63) is 164 Å². The van der Waals surface area contributed by atoms with Gasteiger partial charge in [0, 0.05) is 12.8 Å². The molecule has 0 saturated carbocycles. The van der Waals surface area contributed by atoms with Crippen LogP contribution in [-0.4, -0.2) is 53.9 Å². The summed E-state index contributed by atoms with van der Waals surface area (Å²) in [5.74, 6) is -7.21. The van der Waals surface area contributed by atoms with Gasteiger partial charge in [-0.1, -0.05) is 60.7 Å². The number of carbonyl (C=O) groups excluding carboxylic acids is 2. The van der Waals surface area contributed by atoms with E-state index in [9.17, 15) is 36.7 Å². The third-order valence-electron chi connectivity index (χ3n) is 10.2. The van der Waals surface area contributed by atoms with E-state index in [-0.39, 0.29) is 60.5 Å². The topological polar surface area (TPSA) is 184 Å². The SMILES string of the molecule is CC(C(=O)O)c1ccc(Cc2nc(-c3c(F)cccc3F)nc3c2C(=O)NC3)cc1.C[C@H](C(=O)O)c1ccc(Cc2nc(-c3c(F)cccc3F)nc3c2C(=O)NC3)cc1. The molecule has 2 aliphatic heterocycles. The molecule has 2 amide bonds. The van der Waals surface area contributed by atoms with E-state index in [1.165, 1.54) is 12.1 Å². The average molecular weight is 819 g/mol. The van der Waals surface area contributed by atoms with Gasteiger partial charge in [0.1, 0.15) is 23.3 Å². The van der Waals surface area contributed by atoms with Gasteiger partial charge < -0.3 is 20.8 Å². The van der Waals surface area contributed by atoms with Crippen LogP contribution >= 0.6 is 0 Å². The molecule has 12 nitrogen and oxygen atoms in total. The van der Waals surface area contributed by atoms with Crippen molar-refractivity contribution in [2.45, 2.75) is 51.6 Å². The van der Waals surface area contributed by atoms with Crippen molar-refractivity contribution in [3.8, 4) is 22.8 Å². The van der Waals surface area contributed by atoms with Crippen LogP contribution in [-0.2, 0) is 35.5 Å². The second-order valence-electron chi connectivity index (χ2n) is 14.1. The first-order valence-corrected chi connectivity index (χ1v) is 18.6. The zero-order valence-electron chi connectivity index (χ0n) is 31.9. The Morgan fingerprint density at radius 2 is 0.883 bits per heavy atom. The molecule has 0 radical (unpaired) electrons. The second kappa shape index (κ2) is 16.9. The van der Waals surface area contributed by atoms with Crippen LogP contribution < -0.4 is 10.6 Å². The van der Waals surface area contributed by atoms with Crippen molar-refractivity contribution < 1.29 is 47.0 Å². The van der Waals surface area contributed by atoms with E-state index in [0.29, 0.717) is 45.0 Å². The molecule has 0 aliphatic carbocycles. The van der Waals surface area contributed by atoms with Gasteiger partial charge in [0.05, 0.1) is 70.0 Å². The summed E-state index contributed by atoms with van der Waals surface area (Å²) < 4.78 is 57.0. The minimum atomic E-state index is -0.926. The zero-order valence-corrected chi connectivity index (χ0v) is 31.9. The van der Waals surface area contributed by atoms with Crippen LogP contribution in [0.5, 0.6) is 0 Å². The fourth-order valence-electron chi connectivity index (χ4n) is 6.83. The van der Waals surface area contributed by atoms with Crippen LogP contribution in [0.4, 0.5) is 17.6 Å². The molecular formula is C44H34F4N6O6. The van der Waals surface area contributed by atoms with Crippen LogP contribution in [0.25, 0.3) is 22.8 Å². The first-order valence-electron chi connectivity index (χ1n) is 18.6. The predicted molar refractivity (Wildman–Crippen MR) is 208 cm³/mol. The average Bonchev–Trinajstić information content (AvgIpc) is 3.79. The molecule has 16 heteroatoms. The Morgan fingerprint density at radius 3 is 1.20 bits per heavy atom. The van der Waals surface area contributed by atoms with E-state index in [0.717, 1.165) is 35.4 Å². The molecule has 4 heterocycles. The van der Waals surface area contributed by atoms with Gasteiger partial charge >= 0.3 is 11.9 Å². The normalized spacial score (nSPS) is 13.6. The van der Waals surface area contributed by atoms with Crippen LogP contribution in [0.15, 0.2) is 84.9 Å². The number of carboxylic acid groups (broad SMARTS) is 2. The van der Waals surface area contributed by atoms with Gasteiger partial charge in [0.2, 0.25) is 0 Å².